The molecule has 0 unspecified atom stereocenters. The van der Waals surface area contributed by atoms with E-state index in [1.54, 1.807) is 11.8 Å². The van der Waals surface area contributed by atoms with Gasteiger partial charge in [0.25, 0.3) is 0 Å². The summed E-state index contributed by atoms with van der Waals surface area (Å²) < 4.78 is 15.7. The Morgan fingerprint density at radius 3 is 2.65 bits per heavy atom. The first-order valence-corrected chi connectivity index (χ1v) is 7.06. The third kappa shape index (κ3) is 5.77. The summed E-state index contributed by atoms with van der Waals surface area (Å²) in [6, 6.07) is -0.136. The molecule has 0 aromatic heterocycles. The van der Waals surface area contributed by atoms with E-state index in [-0.39, 0.29) is 24.5 Å². The molecule has 1 aliphatic heterocycles. The fourth-order valence-corrected chi connectivity index (χ4v) is 1.97. The molecule has 0 spiro atoms. The first-order chi connectivity index (χ1) is 9.33. The molecule has 0 aromatic rings. The zero-order chi connectivity index (χ0) is 15.2. The quantitative estimate of drug-likeness (QED) is 0.740. The van der Waals surface area contributed by atoms with E-state index in [4.69, 9.17) is 14.2 Å². The molecule has 6 nitrogen and oxygen atoms in total. The van der Waals surface area contributed by atoms with Crippen LogP contribution in [0.4, 0.5) is 4.79 Å². The van der Waals surface area contributed by atoms with Gasteiger partial charge in [-0.25, -0.2) is 4.79 Å². The number of ether oxygens (including phenoxy) is 3. The molecule has 0 aliphatic carbocycles. The number of esters is 1. The fourth-order valence-electron chi connectivity index (χ4n) is 1.97. The van der Waals surface area contributed by atoms with Crippen molar-refractivity contribution in [2.75, 3.05) is 26.4 Å². The predicted octanol–water partition coefficient (Wildman–Crippen LogP) is 1.97. The summed E-state index contributed by atoms with van der Waals surface area (Å²) in [6.07, 6.45) is 0.453. The van der Waals surface area contributed by atoms with E-state index in [1.165, 1.54) is 0 Å². The largest absolute Gasteiger partial charge is 0.466 e. The molecular formula is C14H25NO5. The topological polar surface area (TPSA) is 65.1 Å². The molecule has 0 N–H and O–H groups in total. The smallest absolute Gasteiger partial charge is 0.410 e. The maximum absolute atomic E-state index is 12.1. The molecule has 0 radical (unpaired) electrons. The van der Waals surface area contributed by atoms with Crippen LogP contribution in [0.5, 0.6) is 0 Å². The summed E-state index contributed by atoms with van der Waals surface area (Å²) >= 11 is 0. The Balaban J connectivity index is 2.53. The van der Waals surface area contributed by atoms with Crippen LogP contribution in [0.3, 0.4) is 0 Å². The highest BCUT2D eigenvalue weighted by Crippen LogP contribution is 2.17. The van der Waals surface area contributed by atoms with Crippen molar-refractivity contribution in [1.29, 1.82) is 0 Å². The molecule has 1 heterocycles. The van der Waals surface area contributed by atoms with E-state index in [0.717, 1.165) is 0 Å². The third-order valence-electron chi connectivity index (χ3n) is 2.84. The van der Waals surface area contributed by atoms with Crippen LogP contribution in [0.1, 0.15) is 40.5 Å². The normalized spacial score (nSPS) is 19.6. The Kier molecular flexibility index (Phi) is 6.26. The summed E-state index contributed by atoms with van der Waals surface area (Å²) in [5.41, 5.74) is -0.527. The molecule has 1 fully saturated rings. The zero-order valence-electron chi connectivity index (χ0n) is 12.8. The fraction of sp³-hybridized carbons (Fsp3) is 0.857. The SMILES string of the molecule is CCOC(=O)CC[C@H]1COCCN1C(=O)OC(C)(C)C. The van der Waals surface area contributed by atoms with Crippen LogP contribution < -0.4 is 0 Å². The molecule has 1 saturated heterocycles. The first kappa shape index (κ1) is 16.8. The highest BCUT2D eigenvalue weighted by Gasteiger charge is 2.31. The Morgan fingerprint density at radius 2 is 2.05 bits per heavy atom. The van der Waals surface area contributed by atoms with Gasteiger partial charge < -0.3 is 19.1 Å². The second-order valence-electron chi connectivity index (χ2n) is 5.75. The second-order valence-corrected chi connectivity index (χ2v) is 5.75. The monoisotopic (exact) mass is 287 g/mol. The van der Waals surface area contributed by atoms with Crippen molar-refractivity contribution in [2.24, 2.45) is 0 Å². The van der Waals surface area contributed by atoms with Crippen molar-refractivity contribution < 1.29 is 23.8 Å². The van der Waals surface area contributed by atoms with Gasteiger partial charge in [0.1, 0.15) is 5.60 Å². The highest BCUT2D eigenvalue weighted by molar-refractivity contribution is 5.70. The van der Waals surface area contributed by atoms with Crippen LogP contribution in [0.15, 0.2) is 0 Å². The molecule has 116 valence electrons. The Morgan fingerprint density at radius 1 is 1.35 bits per heavy atom. The van der Waals surface area contributed by atoms with Gasteiger partial charge in [-0.05, 0) is 34.1 Å². The lowest BCUT2D eigenvalue weighted by molar-refractivity contribution is -0.143. The number of carbonyl (C=O) groups is 2. The minimum atomic E-state index is -0.527. The molecule has 20 heavy (non-hydrogen) atoms. The van der Waals surface area contributed by atoms with Crippen molar-refractivity contribution in [3.63, 3.8) is 0 Å². The van der Waals surface area contributed by atoms with E-state index >= 15 is 0 Å². The Hall–Kier alpha value is -1.30. The second kappa shape index (κ2) is 7.47. The average molecular weight is 287 g/mol. The Labute approximate surface area is 120 Å². The Bertz CT molecular complexity index is 337. The van der Waals surface area contributed by atoms with Crippen LogP contribution in [0, 0.1) is 0 Å². The highest BCUT2D eigenvalue weighted by atomic mass is 16.6. The van der Waals surface area contributed by atoms with Crippen molar-refractivity contribution in [1.82, 2.24) is 4.90 Å². The van der Waals surface area contributed by atoms with Crippen LogP contribution in [0.25, 0.3) is 0 Å². The number of nitrogens with zero attached hydrogens (tertiary/aromatic N) is 1. The van der Waals surface area contributed by atoms with Crippen molar-refractivity contribution >= 4 is 12.1 Å². The summed E-state index contributed by atoms with van der Waals surface area (Å²) in [7, 11) is 0. The molecule has 1 amide bonds. The molecule has 0 aromatic carbocycles. The van der Waals surface area contributed by atoms with Gasteiger partial charge in [0.15, 0.2) is 0 Å². The molecular weight excluding hydrogens is 262 g/mol. The minimum absolute atomic E-state index is 0.136. The zero-order valence-corrected chi connectivity index (χ0v) is 12.8. The standard InChI is InChI=1S/C14H25NO5/c1-5-19-12(16)7-6-11-10-18-9-8-15(11)13(17)20-14(2,3)4/h11H,5-10H2,1-4H3/t11-/m0/s1. The van der Waals surface area contributed by atoms with Gasteiger partial charge in [0.2, 0.25) is 0 Å². The van der Waals surface area contributed by atoms with E-state index < -0.39 is 5.60 Å². The minimum Gasteiger partial charge on any atom is -0.466 e. The van der Waals surface area contributed by atoms with Gasteiger partial charge in [-0.3, -0.25) is 4.79 Å². The molecule has 1 rings (SSSR count). The van der Waals surface area contributed by atoms with E-state index in [9.17, 15) is 9.59 Å². The van der Waals surface area contributed by atoms with Crippen molar-refractivity contribution in [2.45, 2.75) is 52.2 Å². The third-order valence-corrected chi connectivity index (χ3v) is 2.84. The number of amides is 1. The van der Waals surface area contributed by atoms with Crippen LogP contribution in [-0.4, -0.2) is 55.0 Å². The number of carbonyl (C=O) groups excluding carboxylic acids is 2. The first-order valence-electron chi connectivity index (χ1n) is 7.06. The molecule has 0 bridgehead atoms. The van der Waals surface area contributed by atoms with Crippen LogP contribution in [0.2, 0.25) is 0 Å². The van der Waals surface area contributed by atoms with Gasteiger partial charge in [0, 0.05) is 13.0 Å². The van der Waals surface area contributed by atoms with Gasteiger partial charge in [-0.2, -0.15) is 0 Å². The lowest BCUT2D eigenvalue weighted by Gasteiger charge is -2.36. The van der Waals surface area contributed by atoms with Gasteiger partial charge in [-0.15, -0.1) is 0 Å². The van der Waals surface area contributed by atoms with E-state index in [2.05, 4.69) is 0 Å². The number of rotatable bonds is 4. The molecule has 6 heteroatoms. The number of morpholine rings is 1. The summed E-state index contributed by atoms with van der Waals surface area (Å²) in [5.74, 6) is -0.248. The van der Waals surface area contributed by atoms with Crippen LogP contribution in [-0.2, 0) is 19.0 Å². The summed E-state index contributed by atoms with van der Waals surface area (Å²) in [4.78, 5) is 25.2. The maximum atomic E-state index is 12.1. The maximum Gasteiger partial charge on any atom is 0.410 e. The predicted molar refractivity (Wildman–Crippen MR) is 73.4 cm³/mol. The van der Waals surface area contributed by atoms with Crippen LogP contribution >= 0.6 is 0 Å². The molecule has 1 aliphatic rings. The average Bonchev–Trinajstić information content (AvgIpc) is 2.35. The van der Waals surface area contributed by atoms with E-state index in [1.807, 2.05) is 20.8 Å². The lowest BCUT2D eigenvalue weighted by atomic mass is 10.1. The lowest BCUT2D eigenvalue weighted by Crippen LogP contribution is -2.50. The van der Waals surface area contributed by atoms with Crippen molar-refractivity contribution in [3.8, 4) is 0 Å². The number of hydrogen-bond donors (Lipinski definition) is 0. The molecule has 0 saturated carbocycles. The van der Waals surface area contributed by atoms with Crippen molar-refractivity contribution in [3.05, 3.63) is 0 Å². The van der Waals surface area contributed by atoms with E-state index in [0.29, 0.717) is 32.8 Å². The summed E-state index contributed by atoms with van der Waals surface area (Å²) in [6.45, 7) is 9.05. The summed E-state index contributed by atoms with van der Waals surface area (Å²) in [5, 5.41) is 0. The van der Waals surface area contributed by atoms with Gasteiger partial charge in [0.05, 0.1) is 25.9 Å². The van der Waals surface area contributed by atoms with Gasteiger partial charge >= 0.3 is 12.1 Å². The van der Waals surface area contributed by atoms with Gasteiger partial charge in [-0.1, -0.05) is 0 Å². The number of hydrogen-bond acceptors (Lipinski definition) is 5. The molecule has 1 atom stereocenters.